The number of aldehydes is 2. The third-order valence-corrected chi connectivity index (χ3v) is 0.644. The first-order valence-electron chi connectivity index (χ1n) is 2.98. The number of primary amides is 1. The highest BCUT2D eigenvalue weighted by molar-refractivity contribution is 5.58. The molecule has 2 N–H and O–H groups in total. The number of unbranched alkanes of at least 4 members (excludes halogenated alkanes) is 2. The zero-order valence-corrected chi connectivity index (χ0v) is 5.99. The summed E-state index contributed by atoms with van der Waals surface area (Å²) in [5.74, 6) is 0. The molecule has 0 radical (unpaired) electrons. The summed E-state index contributed by atoms with van der Waals surface area (Å²) in [4.78, 5) is 27.8. The summed E-state index contributed by atoms with van der Waals surface area (Å²) in [5, 5.41) is 8.67. The molecule has 0 aromatic rings. The lowest BCUT2D eigenvalue weighted by molar-refractivity contribution is -0.245. The summed E-state index contributed by atoms with van der Waals surface area (Å²) in [5.41, 5.74) is 3.92. The summed E-state index contributed by atoms with van der Waals surface area (Å²) in [6, 6.07) is 0. The molecule has 0 saturated carbocycles. The van der Waals surface area contributed by atoms with Crippen molar-refractivity contribution in [3.05, 3.63) is 0 Å². The molecule has 0 aliphatic rings. The van der Waals surface area contributed by atoms with Gasteiger partial charge in [-0.15, -0.1) is 0 Å². The van der Waals surface area contributed by atoms with E-state index in [9.17, 15) is 9.59 Å². The first-order chi connectivity index (χ1) is 5.15. The molecule has 0 heterocycles. The Labute approximate surface area is 64.2 Å². The number of carboxylic acid groups (broad SMARTS) is 1. The van der Waals surface area contributed by atoms with Crippen LogP contribution in [0.2, 0.25) is 0 Å². The van der Waals surface area contributed by atoms with E-state index in [-0.39, 0.29) is 0 Å². The van der Waals surface area contributed by atoms with Crippen molar-refractivity contribution >= 4 is 18.7 Å². The zero-order chi connectivity index (χ0) is 9.11. The number of hydrogen-bond acceptors (Lipinski definition) is 4. The second kappa shape index (κ2) is 11.4. The SMILES string of the molecule is NC(=O)[O-].O=CCCCC=O. The van der Waals surface area contributed by atoms with Crippen LogP contribution >= 0.6 is 0 Å². The van der Waals surface area contributed by atoms with Gasteiger partial charge in [0.2, 0.25) is 0 Å². The average molecular weight is 160 g/mol. The normalized spacial score (nSPS) is 7.27. The van der Waals surface area contributed by atoms with Gasteiger partial charge in [-0.3, -0.25) is 0 Å². The van der Waals surface area contributed by atoms with Gasteiger partial charge in [0.1, 0.15) is 18.7 Å². The zero-order valence-electron chi connectivity index (χ0n) is 5.99. The van der Waals surface area contributed by atoms with Gasteiger partial charge in [0.15, 0.2) is 0 Å². The number of carbonyl (C=O) groups is 3. The molecule has 0 rings (SSSR count). The third-order valence-electron chi connectivity index (χ3n) is 0.644. The highest BCUT2D eigenvalue weighted by atomic mass is 16.4. The molecule has 0 aromatic carbocycles. The van der Waals surface area contributed by atoms with Crippen LogP contribution in [0, 0.1) is 0 Å². The van der Waals surface area contributed by atoms with E-state index in [1.54, 1.807) is 0 Å². The van der Waals surface area contributed by atoms with Crippen LogP contribution in [0.5, 0.6) is 0 Å². The summed E-state index contributed by atoms with van der Waals surface area (Å²) in [7, 11) is 0. The van der Waals surface area contributed by atoms with Crippen LogP contribution in [0.4, 0.5) is 4.79 Å². The molecule has 0 aromatic heterocycles. The van der Waals surface area contributed by atoms with Gasteiger partial charge in [-0.2, -0.15) is 0 Å². The maximum absolute atomic E-state index is 9.56. The Morgan fingerprint density at radius 1 is 1.27 bits per heavy atom. The first-order valence-corrected chi connectivity index (χ1v) is 2.98. The van der Waals surface area contributed by atoms with E-state index < -0.39 is 6.09 Å². The van der Waals surface area contributed by atoms with Gasteiger partial charge >= 0.3 is 0 Å². The molecule has 0 atom stereocenters. The molecule has 1 amide bonds. The molecule has 0 aliphatic carbocycles. The van der Waals surface area contributed by atoms with Crippen molar-refractivity contribution in [1.29, 1.82) is 0 Å². The highest BCUT2D eigenvalue weighted by Crippen LogP contribution is 1.85. The van der Waals surface area contributed by atoms with Crippen molar-refractivity contribution in [3.8, 4) is 0 Å². The van der Waals surface area contributed by atoms with Crippen molar-refractivity contribution < 1.29 is 19.5 Å². The van der Waals surface area contributed by atoms with E-state index in [2.05, 4.69) is 5.73 Å². The minimum atomic E-state index is -1.58. The standard InChI is InChI=1S/C5H8O2.CH3NO2/c6-4-2-1-3-5-7;2-1(3)4/h4-5H,1-3H2;2H2,(H,3,4)/p-1. The number of amides is 1. The number of carbonyl (C=O) groups excluding carboxylic acids is 3. The van der Waals surface area contributed by atoms with E-state index >= 15 is 0 Å². The second-order valence-electron chi connectivity index (χ2n) is 1.58. The molecule has 11 heavy (non-hydrogen) atoms. The van der Waals surface area contributed by atoms with E-state index in [0.717, 1.165) is 12.6 Å². The van der Waals surface area contributed by atoms with Crippen molar-refractivity contribution in [2.45, 2.75) is 19.3 Å². The largest absolute Gasteiger partial charge is 0.530 e. The third kappa shape index (κ3) is 55.2. The Balaban J connectivity index is 0. The van der Waals surface area contributed by atoms with Crippen LogP contribution in [0.25, 0.3) is 0 Å². The first kappa shape index (κ1) is 12.3. The molecule has 0 spiro atoms. The lowest BCUT2D eigenvalue weighted by atomic mass is 10.3. The molecule has 0 fully saturated rings. The van der Waals surface area contributed by atoms with Crippen LogP contribution < -0.4 is 10.8 Å². The quantitative estimate of drug-likeness (QED) is 0.414. The Kier molecular flexibility index (Phi) is 12.8. The van der Waals surface area contributed by atoms with Gasteiger partial charge in [0, 0.05) is 12.8 Å². The summed E-state index contributed by atoms with van der Waals surface area (Å²) in [6.07, 6.45) is 1.79. The summed E-state index contributed by atoms with van der Waals surface area (Å²) >= 11 is 0. The van der Waals surface area contributed by atoms with Gasteiger partial charge < -0.3 is 25.2 Å². The molecule has 0 unspecified atom stereocenters. The Bertz CT molecular complexity index is 112. The Morgan fingerprint density at radius 3 is 1.73 bits per heavy atom. The topological polar surface area (TPSA) is 100 Å². The highest BCUT2D eigenvalue weighted by Gasteiger charge is 1.80. The fraction of sp³-hybridized carbons (Fsp3) is 0.500. The number of rotatable bonds is 4. The number of nitrogens with two attached hydrogens (primary N) is 1. The maximum atomic E-state index is 9.56. The minimum Gasteiger partial charge on any atom is -0.530 e. The van der Waals surface area contributed by atoms with E-state index in [4.69, 9.17) is 9.90 Å². The van der Waals surface area contributed by atoms with E-state index in [0.29, 0.717) is 19.3 Å². The Morgan fingerprint density at radius 2 is 1.55 bits per heavy atom. The second-order valence-corrected chi connectivity index (χ2v) is 1.58. The van der Waals surface area contributed by atoms with Gasteiger partial charge in [-0.1, -0.05) is 0 Å². The molecule has 0 bridgehead atoms. The van der Waals surface area contributed by atoms with E-state index in [1.807, 2.05) is 0 Å². The molecular formula is C6H10NO4-. The Hall–Kier alpha value is -1.39. The molecular weight excluding hydrogens is 150 g/mol. The molecule has 5 heteroatoms. The van der Waals surface area contributed by atoms with Crippen molar-refractivity contribution in [3.63, 3.8) is 0 Å². The lowest BCUT2D eigenvalue weighted by Gasteiger charge is -1.78. The molecule has 0 saturated heterocycles. The maximum Gasteiger partial charge on any atom is 0.131 e. The van der Waals surface area contributed by atoms with Gasteiger partial charge in [-0.05, 0) is 6.42 Å². The lowest BCUT2D eigenvalue weighted by Crippen LogP contribution is -2.29. The van der Waals surface area contributed by atoms with Crippen molar-refractivity contribution in [2.75, 3.05) is 0 Å². The predicted molar refractivity (Wildman–Crippen MR) is 35.6 cm³/mol. The smallest absolute Gasteiger partial charge is 0.131 e. The van der Waals surface area contributed by atoms with Crippen molar-refractivity contribution in [1.82, 2.24) is 0 Å². The monoisotopic (exact) mass is 160 g/mol. The predicted octanol–water partition coefficient (Wildman–Crippen LogP) is -1.16. The fourth-order valence-electron chi connectivity index (χ4n) is 0.285. The van der Waals surface area contributed by atoms with Crippen LogP contribution in [-0.4, -0.2) is 18.7 Å². The average Bonchev–Trinajstić information content (AvgIpc) is 1.88. The number of hydrogen-bond donors (Lipinski definition) is 1. The van der Waals surface area contributed by atoms with E-state index in [1.165, 1.54) is 0 Å². The van der Waals surface area contributed by atoms with Crippen LogP contribution in [0.1, 0.15) is 19.3 Å². The molecule has 0 aliphatic heterocycles. The van der Waals surface area contributed by atoms with Crippen LogP contribution in [0.15, 0.2) is 0 Å². The van der Waals surface area contributed by atoms with Gasteiger partial charge in [0.25, 0.3) is 0 Å². The molecule has 64 valence electrons. The van der Waals surface area contributed by atoms with Crippen LogP contribution in [-0.2, 0) is 9.59 Å². The van der Waals surface area contributed by atoms with Gasteiger partial charge in [-0.25, -0.2) is 0 Å². The summed E-state index contributed by atoms with van der Waals surface area (Å²) in [6.45, 7) is 0. The van der Waals surface area contributed by atoms with Crippen molar-refractivity contribution in [2.24, 2.45) is 5.73 Å². The molecule has 5 nitrogen and oxygen atoms in total. The minimum absolute atomic E-state index is 0.513. The summed E-state index contributed by atoms with van der Waals surface area (Å²) < 4.78 is 0. The van der Waals surface area contributed by atoms with Crippen LogP contribution in [0.3, 0.4) is 0 Å². The fourth-order valence-corrected chi connectivity index (χ4v) is 0.285. The van der Waals surface area contributed by atoms with Gasteiger partial charge in [0.05, 0.1) is 0 Å².